The van der Waals surface area contributed by atoms with E-state index in [1.807, 2.05) is 0 Å². The van der Waals surface area contributed by atoms with Gasteiger partial charge in [-0.05, 0) is 42.8 Å². The molecule has 1 aliphatic heterocycles. The van der Waals surface area contributed by atoms with E-state index in [0.29, 0.717) is 15.7 Å². The van der Waals surface area contributed by atoms with Crippen molar-refractivity contribution in [2.75, 3.05) is 18.4 Å². The van der Waals surface area contributed by atoms with Gasteiger partial charge in [-0.25, -0.2) is 13.1 Å². The molecule has 0 unspecified atom stereocenters. The quantitative estimate of drug-likeness (QED) is 0.499. The zero-order valence-corrected chi connectivity index (χ0v) is 17.9. The molecule has 1 saturated heterocycles. The highest BCUT2D eigenvalue weighted by atomic mass is 35.5. The lowest BCUT2D eigenvalue weighted by molar-refractivity contribution is 0.102. The van der Waals surface area contributed by atoms with Gasteiger partial charge in [-0.2, -0.15) is 12.6 Å². The standard InChI is InChI=1S/C18H19Cl2N3O3S2/c19-16-5-4-12(8-17(16)20)23-18(24)11-2-1-3-15(6-11)28(25,26)22-9-13-7-14(27)10-21-13/h1-6,8,13-14,21-22,27H,7,9-10H2,(H,23,24)/t13-,14-/m0/s1. The van der Waals surface area contributed by atoms with Crippen molar-refractivity contribution in [2.45, 2.75) is 22.6 Å². The molecule has 0 bridgehead atoms. The van der Waals surface area contributed by atoms with Gasteiger partial charge in [0.25, 0.3) is 5.91 Å². The van der Waals surface area contributed by atoms with Crippen LogP contribution in [0.2, 0.25) is 10.0 Å². The Morgan fingerprint density at radius 1 is 1.18 bits per heavy atom. The monoisotopic (exact) mass is 459 g/mol. The van der Waals surface area contributed by atoms with Crippen LogP contribution < -0.4 is 15.4 Å². The molecule has 3 N–H and O–H groups in total. The molecule has 1 aliphatic rings. The van der Waals surface area contributed by atoms with Crippen LogP contribution in [0.15, 0.2) is 47.4 Å². The summed E-state index contributed by atoms with van der Waals surface area (Å²) >= 11 is 16.2. The Morgan fingerprint density at radius 2 is 1.96 bits per heavy atom. The summed E-state index contributed by atoms with van der Waals surface area (Å²) in [6.45, 7) is 1.01. The first-order valence-electron chi connectivity index (χ1n) is 8.52. The fourth-order valence-electron chi connectivity index (χ4n) is 2.83. The number of hydrogen-bond acceptors (Lipinski definition) is 5. The van der Waals surface area contributed by atoms with Gasteiger partial charge in [0.1, 0.15) is 0 Å². The Hall–Kier alpha value is -1.29. The van der Waals surface area contributed by atoms with Crippen LogP contribution in [-0.4, -0.2) is 38.7 Å². The lowest BCUT2D eigenvalue weighted by atomic mass is 10.2. The SMILES string of the molecule is O=C(Nc1ccc(Cl)c(Cl)c1)c1cccc(S(=O)(=O)NC[C@@H]2C[C@H](S)CN2)c1. The summed E-state index contributed by atoms with van der Waals surface area (Å²) in [6, 6.07) is 10.6. The molecule has 2 aromatic rings. The second kappa shape index (κ2) is 9.02. The van der Waals surface area contributed by atoms with Crippen molar-refractivity contribution in [3.05, 3.63) is 58.1 Å². The number of nitrogens with one attached hydrogen (secondary N) is 3. The van der Waals surface area contributed by atoms with E-state index in [-0.39, 0.29) is 28.3 Å². The number of thiol groups is 1. The van der Waals surface area contributed by atoms with Crippen LogP contribution in [0.1, 0.15) is 16.8 Å². The van der Waals surface area contributed by atoms with E-state index in [1.54, 1.807) is 12.1 Å². The predicted molar refractivity (Wildman–Crippen MR) is 115 cm³/mol. The van der Waals surface area contributed by atoms with E-state index in [1.165, 1.54) is 30.3 Å². The minimum absolute atomic E-state index is 0.0229. The maximum atomic E-state index is 12.6. The lowest BCUT2D eigenvalue weighted by Gasteiger charge is -2.13. The Morgan fingerprint density at radius 3 is 2.64 bits per heavy atom. The summed E-state index contributed by atoms with van der Waals surface area (Å²) < 4.78 is 27.7. The molecule has 0 radical (unpaired) electrons. The molecule has 28 heavy (non-hydrogen) atoms. The van der Waals surface area contributed by atoms with Crippen LogP contribution in [-0.2, 0) is 10.0 Å². The molecule has 3 rings (SSSR count). The van der Waals surface area contributed by atoms with Crippen molar-refractivity contribution in [1.29, 1.82) is 0 Å². The van der Waals surface area contributed by atoms with Crippen LogP contribution in [0.4, 0.5) is 5.69 Å². The molecule has 1 fully saturated rings. The number of carbonyl (C=O) groups is 1. The number of carbonyl (C=O) groups excluding carboxylic acids is 1. The van der Waals surface area contributed by atoms with E-state index >= 15 is 0 Å². The third kappa shape index (κ3) is 5.40. The van der Waals surface area contributed by atoms with Crippen molar-refractivity contribution in [1.82, 2.24) is 10.0 Å². The van der Waals surface area contributed by atoms with Crippen LogP contribution >= 0.6 is 35.8 Å². The highest BCUT2D eigenvalue weighted by Crippen LogP contribution is 2.25. The van der Waals surface area contributed by atoms with Gasteiger partial charge in [-0.1, -0.05) is 29.3 Å². The molecule has 0 spiro atoms. The zero-order valence-electron chi connectivity index (χ0n) is 14.7. The van der Waals surface area contributed by atoms with E-state index in [2.05, 4.69) is 28.0 Å². The topological polar surface area (TPSA) is 87.3 Å². The molecular weight excluding hydrogens is 441 g/mol. The highest BCUT2D eigenvalue weighted by Gasteiger charge is 2.24. The molecule has 0 aromatic heterocycles. The second-order valence-corrected chi connectivity index (χ2v) is 9.77. The van der Waals surface area contributed by atoms with E-state index < -0.39 is 15.9 Å². The third-order valence-electron chi connectivity index (χ3n) is 4.30. The number of benzene rings is 2. The first kappa shape index (κ1) is 21.4. The van der Waals surface area contributed by atoms with Gasteiger partial charge in [0.2, 0.25) is 10.0 Å². The Kier molecular flexibility index (Phi) is 6.90. The molecule has 0 aliphatic carbocycles. The van der Waals surface area contributed by atoms with Crippen LogP contribution in [0.5, 0.6) is 0 Å². The molecule has 1 amide bonds. The minimum Gasteiger partial charge on any atom is -0.322 e. The van der Waals surface area contributed by atoms with Crippen molar-refractivity contribution >= 4 is 57.4 Å². The van der Waals surface area contributed by atoms with Crippen molar-refractivity contribution in [2.24, 2.45) is 0 Å². The van der Waals surface area contributed by atoms with Gasteiger partial charge in [0, 0.05) is 35.6 Å². The summed E-state index contributed by atoms with van der Waals surface area (Å²) in [5.41, 5.74) is 0.669. The van der Waals surface area contributed by atoms with Crippen LogP contribution in [0.3, 0.4) is 0 Å². The van der Waals surface area contributed by atoms with Gasteiger partial charge in [-0.15, -0.1) is 0 Å². The van der Waals surface area contributed by atoms with E-state index in [9.17, 15) is 13.2 Å². The van der Waals surface area contributed by atoms with Gasteiger partial charge in [0.15, 0.2) is 0 Å². The molecule has 2 aromatic carbocycles. The molecule has 10 heteroatoms. The maximum absolute atomic E-state index is 12.6. The maximum Gasteiger partial charge on any atom is 0.255 e. The smallest absolute Gasteiger partial charge is 0.255 e. The number of hydrogen-bond donors (Lipinski definition) is 4. The fraction of sp³-hybridized carbons (Fsp3) is 0.278. The minimum atomic E-state index is -3.74. The van der Waals surface area contributed by atoms with Crippen molar-refractivity contribution in [3.63, 3.8) is 0 Å². The average Bonchev–Trinajstić information content (AvgIpc) is 3.09. The van der Waals surface area contributed by atoms with E-state index in [0.717, 1.165) is 13.0 Å². The summed E-state index contributed by atoms with van der Waals surface area (Å²) in [7, 11) is -3.74. The number of halogens is 2. The number of sulfonamides is 1. The van der Waals surface area contributed by atoms with Crippen molar-refractivity contribution < 1.29 is 13.2 Å². The molecular formula is C18H19Cl2N3O3S2. The van der Waals surface area contributed by atoms with Gasteiger partial charge < -0.3 is 10.6 Å². The zero-order chi connectivity index (χ0) is 20.3. The second-order valence-electron chi connectivity index (χ2n) is 6.46. The Bertz CT molecular complexity index is 986. The molecule has 150 valence electrons. The van der Waals surface area contributed by atoms with Gasteiger partial charge in [-0.3, -0.25) is 4.79 Å². The summed E-state index contributed by atoms with van der Waals surface area (Å²) in [6.07, 6.45) is 0.789. The normalized spacial score (nSPS) is 19.5. The van der Waals surface area contributed by atoms with Gasteiger partial charge in [0.05, 0.1) is 14.9 Å². The van der Waals surface area contributed by atoms with E-state index in [4.69, 9.17) is 23.2 Å². The molecule has 0 saturated carbocycles. The summed E-state index contributed by atoms with van der Waals surface area (Å²) in [4.78, 5) is 12.5. The van der Waals surface area contributed by atoms with Crippen LogP contribution in [0.25, 0.3) is 0 Å². The Labute approximate surface area is 179 Å². The first-order valence-corrected chi connectivity index (χ1v) is 11.3. The molecule has 6 nitrogen and oxygen atoms in total. The molecule has 1 heterocycles. The molecule has 2 atom stereocenters. The summed E-state index contributed by atoms with van der Waals surface area (Å²) in [5.74, 6) is -0.453. The first-order chi connectivity index (χ1) is 13.2. The Balaban J connectivity index is 1.69. The lowest BCUT2D eigenvalue weighted by Crippen LogP contribution is -2.37. The predicted octanol–water partition coefficient (Wildman–Crippen LogP) is 3.18. The average molecular weight is 460 g/mol. The highest BCUT2D eigenvalue weighted by molar-refractivity contribution is 7.89. The number of anilines is 1. The number of rotatable bonds is 6. The van der Waals surface area contributed by atoms with Crippen LogP contribution in [0, 0.1) is 0 Å². The van der Waals surface area contributed by atoms with Crippen molar-refractivity contribution in [3.8, 4) is 0 Å². The third-order valence-corrected chi connectivity index (χ3v) is 6.86. The largest absolute Gasteiger partial charge is 0.322 e. The number of amides is 1. The summed E-state index contributed by atoms with van der Waals surface area (Å²) in [5, 5.41) is 6.79. The fourth-order valence-corrected chi connectivity index (χ4v) is 4.61. The van der Waals surface area contributed by atoms with Gasteiger partial charge >= 0.3 is 0 Å².